The van der Waals surface area contributed by atoms with Gasteiger partial charge in [0.15, 0.2) is 0 Å². The molecular formula is C17H16N4Si2. The van der Waals surface area contributed by atoms with Gasteiger partial charge in [0, 0.05) is 35.4 Å². The van der Waals surface area contributed by atoms with E-state index in [0.717, 1.165) is 6.04 Å². The van der Waals surface area contributed by atoms with Crippen molar-refractivity contribution in [3.63, 3.8) is 0 Å². The Bertz CT molecular complexity index is 923. The average Bonchev–Trinajstić information content (AvgIpc) is 2.62. The van der Waals surface area contributed by atoms with Crippen LogP contribution in [-0.2, 0) is 6.04 Å². The number of benzene rings is 1. The van der Waals surface area contributed by atoms with E-state index in [1.165, 1.54) is 26.0 Å². The standard InChI is InChI=1S/C17H16N4Si2/c1-2-12-22-14-16(20-10-8-18-14)23(13-6-4-3-5-7-13)17-15(22)19-9-11-21-17/h2-11,18,20H,1,12H2. The summed E-state index contributed by atoms with van der Waals surface area (Å²) < 4.78 is 0. The van der Waals surface area contributed by atoms with Crippen molar-refractivity contribution >= 4 is 37.6 Å². The minimum atomic E-state index is -1.16. The summed E-state index contributed by atoms with van der Waals surface area (Å²) in [7, 11) is -2.16. The van der Waals surface area contributed by atoms with Gasteiger partial charge in [0.1, 0.15) is 16.8 Å². The van der Waals surface area contributed by atoms with Crippen LogP contribution >= 0.6 is 0 Å². The fourth-order valence-electron chi connectivity index (χ4n) is 3.04. The Kier molecular flexibility index (Phi) is 3.68. The molecule has 1 aromatic carbocycles. The van der Waals surface area contributed by atoms with Crippen LogP contribution < -0.4 is 10.6 Å². The molecule has 0 unspecified atom stereocenters. The topological polar surface area (TPSA) is 49.8 Å². The molecule has 0 radical (unpaired) electrons. The maximum Gasteiger partial charge on any atom is 0.137 e. The molecule has 0 spiro atoms. The first-order valence-corrected chi connectivity index (χ1v) is 10.7. The molecule has 4 rings (SSSR count). The number of anilines is 2. The first-order chi connectivity index (χ1) is 11.4. The van der Waals surface area contributed by atoms with Crippen molar-refractivity contribution in [2.24, 2.45) is 0 Å². The Morgan fingerprint density at radius 1 is 0.957 bits per heavy atom. The van der Waals surface area contributed by atoms with Crippen LogP contribution in [0, 0.1) is 0 Å². The Morgan fingerprint density at radius 2 is 1.65 bits per heavy atom. The molecule has 2 aromatic heterocycles. The van der Waals surface area contributed by atoms with E-state index >= 15 is 0 Å². The second-order valence-corrected chi connectivity index (χ2v) is 9.98. The quantitative estimate of drug-likeness (QED) is 0.571. The van der Waals surface area contributed by atoms with Gasteiger partial charge in [-0.3, -0.25) is 9.97 Å². The molecule has 3 aromatic rings. The Balaban J connectivity index is 2.14. The predicted molar refractivity (Wildman–Crippen MR) is 99.4 cm³/mol. The van der Waals surface area contributed by atoms with Crippen LogP contribution in [-0.4, -0.2) is 26.8 Å². The summed E-state index contributed by atoms with van der Waals surface area (Å²) in [5.41, 5.74) is 0. The van der Waals surface area contributed by atoms with Crippen LogP contribution in [0.25, 0.3) is 15.4 Å². The number of allylic oxidation sites excluding steroid dienone is 1. The molecule has 0 aliphatic carbocycles. The zero-order valence-corrected chi connectivity index (χ0v) is 14.6. The molecule has 3 heterocycles. The van der Waals surface area contributed by atoms with E-state index in [2.05, 4.69) is 47.5 Å². The lowest BCUT2D eigenvalue weighted by Crippen LogP contribution is -2.21. The minimum absolute atomic E-state index is 0.946. The van der Waals surface area contributed by atoms with Crippen LogP contribution in [0.15, 0.2) is 67.8 Å². The lowest BCUT2D eigenvalue weighted by atomic mass is 10.4. The summed E-state index contributed by atoms with van der Waals surface area (Å²) in [5.74, 6) is 0. The SMILES string of the molecule is C=CC[si]1c2c([si](-c3ccccc3)c3nccnc31)NC=CN2. The third-order valence-corrected chi connectivity index (χ3v) is 9.75. The van der Waals surface area contributed by atoms with E-state index < -0.39 is 16.8 Å². The van der Waals surface area contributed by atoms with Gasteiger partial charge in [0.2, 0.25) is 0 Å². The zero-order chi connectivity index (χ0) is 15.6. The van der Waals surface area contributed by atoms with Crippen LogP contribution in [0.4, 0.5) is 10.6 Å². The molecule has 112 valence electrons. The number of rotatable bonds is 3. The highest BCUT2D eigenvalue weighted by Crippen LogP contribution is 2.31. The van der Waals surface area contributed by atoms with Crippen molar-refractivity contribution in [3.8, 4) is 5.19 Å². The largest absolute Gasteiger partial charge is 0.363 e. The second kappa shape index (κ2) is 5.98. The van der Waals surface area contributed by atoms with Gasteiger partial charge in [-0.05, 0) is 11.2 Å². The van der Waals surface area contributed by atoms with E-state index in [4.69, 9.17) is 9.97 Å². The summed E-state index contributed by atoms with van der Waals surface area (Å²) in [5, 5.41) is 13.3. The highest BCUT2D eigenvalue weighted by Gasteiger charge is 2.23. The fourth-order valence-corrected chi connectivity index (χ4v) is 9.21. The highest BCUT2D eigenvalue weighted by molar-refractivity contribution is 6.90. The summed E-state index contributed by atoms with van der Waals surface area (Å²) in [4.78, 5) is 9.47. The molecule has 0 fully saturated rings. The van der Waals surface area contributed by atoms with Crippen molar-refractivity contribution in [2.75, 3.05) is 10.6 Å². The summed E-state index contributed by atoms with van der Waals surface area (Å²) in [6.07, 6.45) is 9.57. The van der Waals surface area contributed by atoms with Gasteiger partial charge in [-0.2, -0.15) is 0 Å². The van der Waals surface area contributed by atoms with Crippen molar-refractivity contribution in [3.05, 3.63) is 67.8 Å². The Morgan fingerprint density at radius 3 is 2.39 bits per heavy atom. The van der Waals surface area contributed by atoms with Crippen molar-refractivity contribution in [1.82, 2.24) is 9.97 Å². The van der Waals surface area contributed by atoms with Gasteiger partial charge in [-0.25, -0.2) is 0 Å². The first kappa shape index (κ1) is 14.2. The van der Waals surface area contributed by atoms with Crippen molar-refractivity contribution in [2.45, 2.75) is 6.04 Å². The number of nitrogens with one attached hydrogen (secondary N) is 2. The molecule has 0 amide bonds. The van der Waals surface area contributed by atoms with E-state index in [-0.39, 0.29) is 0 Å². The Labute approximate surface area is 137 Å². The van der Waals surface area contributed by atoms with Gasteiger partial charge >= 0.3 is 0 Å². The summed E-state index contributed by atoms with van der Waals surface area (Å²) in [6, 6.07) is 11.6. The molecule has 4 nitrogen and oxygen atoms in total. The molecule has 1 aliphatic rings. The molecule has 2 N–H and O–H groups in total. The third-order valence-electron chi connectivity index (χ3n) is 3.97. The number of hydrogen-bond donors (Lipinski definition) is 2. The van der Waals surface area contributed by atoms with E-state index in [1.807, 2.05) is 30.9 Å². The zero-order valence-electron chi connectivity index (χ0n) is 12.6. The molecule has 23 heavy (non-hydrogen) atoms. The van der Waals surface area contributed by atoms with Gasteiger partial charge in [-0.15, -0.1) is 6.58 Å². The number of nitrogens with zero attached hydrogens (tertiary/aromatic N) is 2. The van der Waals surface area contributed by atoms with Crippen LogP contribution in [0.3, 0.4) is 0 Å². The van der Waals surface area contributed by atoms with Crippen molar-refractivity contribution in [1.29, 1.82) is 0 Å². The molecule has 1 aliphatic heterocycles. The number of hydrogen-bond acceptors (Lipinski definition) is 4. The van der Waals surface area contributed by atoms with Gasteiger partial charge < -0.3 is 10.6 Å². The average molecular weight is 333 g/mol. The van der Waals surface area contributed by atoms with Crippen LogP contribution in [0.2, 0.25) is 0 Å². The molecule has 0 saturated heterocycles. The fraction of sp³-hybridized carbons (Fsp3) is 0.0588. The number of aromatic nitrogens is 2. The van der Waals surface area contributed by atoms with Crippen molar-refractivity contribution < 1.29 is 0 Å². The molecule has 6 heteroatoms. The summed E-state index contributed by atoms with van der Waals surface area (Å²) in [6.45, 7) is 3.94. The monoisotopic (exact) mass is 332 g/mol. The molecular weight excluding hydrogens is 316 g/mol. The Hall–Kier alpha value is -2.45. The van der Waals surface area contributed by atoms with Gasteiger partial charge in [0.05, 0.1) is 10.3 Å². The van der Waals surface area contributed by atoms with E-state index in [0.29, 0.717) is 0 Å². The van der Waals surface area contributed by atoms with Crippen LogP contribution in [0.1, 0.15) is 0 Å². The maximum absolute atomic E-state index is 4.75. The number of fused-ring (bicyclic) bond motifs is 2. The van der Waals surface area contributed by atoms with Gasteiger partial charge in [-0.1, -0.05) is 36.4 Å². The molecule has 0 atom stereocenters. The molecule has 0 saturated carbocycles. The van der Waals surface area contributed by atoms with Crippen LogP contribution in [0.5, 0.6) is 0 Å². The summed E-state index contributed by atoms with van der Waals surface area (Å²) >= 11 is 0. The normalized spacial score (nSPS) is 12.3. The minimum Gasteiger partial charge on any atom is -0.363 e. The highest BCUT2D eigenvalue weighted by atomic mass is 28.2. The second-order valence-electron chi connectivity index (χ2n) is 5.34. The third kappa shape index (κ3) is 2.36. The predicted octanol–water partition coefficient (Wildman–Crippen LogP) is 3.17. The first-order valence-electron chi connectivity index (χ1n) is 7.54. The maximum atomic E-state index is 4.75. The lowest BCUT2D eigenvalue weighted by molar-refractivity contribution is 1.32. The van der Waals surface area contributed by atoms with Gasteiger partial charge in [0.25, 0.3) is 0 Å². The smallest absolute Gasteiger partial charge is 0.137 e. The lowest BCUT2D eigenvalue weighted by Gasteiger charge is -2.23. The molecule has 0 bridgehead atoms. The van der Waals surface area contributed by atoms with E-state index in [1.54, 1.807) is 0 Å². The van der Waals surface area contributed by atoms with E-state index in [9.17, 15) is 0 Å².